The van der Waals surface area contributed by atoms with Crippen LogP contribution in [0.3, 0.4) is 0 Å². The van der Waals surface area contributed by atoms with Crippen LogP contribution in [-0.4, -0.2) is 33.9 Å². The third kappa shape index (κ3) is 6.27. The largest absolute Gasteiger partial charge is 0.507 e. The molecule has 8 heteroatoms. The first-order chi connectivity index (χ1) is 19.6. The van der Waals surface area contributed by atoms with Gasteiger partial charge >= 0.3 is 6.03 Å². The minimum atomic E-state index is -0.336. The summed E-state index contributed by atoms with van der Waals surface area (Å²) >= 11 is 0. The van der Waals surface area contributed by atoms with Gasteiger partial charge in [0.1, 0.15) is 11.5 Å². The maximum absolute atomic E-state index is 13.2. The van der Waals surface area contributed by atoms with E-state index in [2.05, 4.69) is 36.5 Å². The molecule has 0 spiro atoms. The van der Waals surface area contributed by atoms with Crippen LogP contribution in [0.5, 0.6) is 11.5 Å². The number of carbonyl (C=O) groups excluding carboxylic acids is 2. The number of aromatic nitrogens is 2. The number of nitrogens with one attached hydrogen (secondary N) is 2. The first-order valence-corrected chi connectivity index (χ1v) is 13.9. The number of amides is 2. The smallest absolute Gasteiger partial charge is 0.342 e. The minimum Gasteiger partial charge on any atom is -0.507 e. The van der Waals surface area contributed by atoms with Crippen molar-refractivity contribution in [1.29, 1.82) is 0 Å². The highest BCUT2D eigenvalue weighted by Gasteiger charge is 2.28. The summed E-state index contributed by atoms with van der Waals surface area (Å²) in [6.07, 6.45) is 3.06. The van der Waals surface area contributed by atoms with Gasteiger partial charge < -0.3 is 20.5 Å². The van der Waals surface area contributed by atoms with Crippen LogP contribution in [0.4, 0.5) is 10.5 Å². The summed E-state index contributed by atoms with van der Waals surface area (Å²) in [6.45, 7) is 6.72. The molecule has 8 nitrogen and oxygen atoms in total. The zero-order chi connectivity index (χ0) is 29.1. The van der Waals surface area contributed by atoms with Crippen molar-refractivity contribution in [3.8, 4) is 22.8 Å². The van der Waals surface area contributed by atoms with E-state index in [4.69, 9.17) is 4.74 Å². The molecule has 41 heavy (non-hydrogen) atoms. The summed E-state index contributed by atoms with van der Waals surface area (Å²) in [4.78, 5) is 26.2. The van der Waals surface area contributed by atoms with E-state index in [-0.39, 0.29) is 29.0 Å². The average molecular weight is 553 g/mol. The number of hydrogen-bond donors (Lipinski definition) is 3. The summed E-state index contributed by atoms with van der Waals surface area (Å²) in [5.74, 6) is 0.742. The van der Waals surface area contributed by atoms with Crippen molar-refractivity contribution < 1.29 is 19.4 Å². The number of benzene rings is 3. The summed E-state index contributed by atoms with van der Waals surface area (Å²) in [5, 5.41) is 21.2. The zero-order valence-corrected chi connectivity index (χ0v) is 23.9. The van der Waals surface area contributed by atoms with Crippen molar-refractivity contribution in [2.75, 3.05) is 12.4 Å². The fourth-order valence-electron chi connectivity index (χ4n) is 4.82. The second-order valence-corrected chi connectivity index (χ2v) is 11.5. The Balaban J connectivity index is 1.36. The molecule has 0 bridgehead atoms. The van der Waals surface area contributed by atoms with Crippen LogP contribution in [0.1, 0.15) is 73.1 Å². The number of phenols is 1. The Hall–Kier alpha value is -4.59. The Morgan fingerprint density at radius 3 is 2.32 bits per heavy atom. The van der Waals surface area contributed by atoms with Crippen LogP contribution in [-0.2, 0) is 12.0 Å². The third-order valence-corrected chi connectivity index (χ3v) is 7.60. The number of anilines is 1. The Morgan fingerprint density at radius 2 is 1.71 bits per heavy atom. The Bertz CT molecular complexity index is 1550. The number of methoxy groups -OCH3 is 1. The number of hydrogen-bond acceptors (Lipinski definition) is 5. The highest BCUT2D eigenvalue weighted by Crippen LogP contribution is 2.39. The molecule has 0 radical (unpaired) electrons. The second-order valence-electron chi connectivity index (χ2n) is 11.5. The standard InChI is InChI=1S/C33H36N4O4/c1-33(2,3)24-12-10-23(11-13-24)31(39)35-25-14-17-30(38)27(18-25)28-19-29(22-6-5-7-22)37(36-28)32(40)34-20-21-8-15-26(41-4)16-9-21/h8-19,22,38H,5-7,20H2,1-4H3,(H,34,40)(H,35,39). The van der Waals surface area contributed by atoms with Crippen molar-refractivity contribution in [2.45, 2.75) is 57.9 Å². The van der Waals surface area contributed by atoms with Gasteiger partial charge in [0, 0.05) is 29.3 Å². The van der Waals surface area contributed by atoms with Crippen molar-refractivity contribution in [2.24, 2.45) is 0 Å². The number of ether oxygens (including phenoxy) is 1. The lowest BCUT2D eigenvalue weighted by atomic mass is 9.82. The molecule has 212 valence electrons. The number of phenolic OH excluding ortho intramolecular Hbond substituents is 1. The molecule has 0 unspecified atom stereocenters. The average Bonchev–Trinajstić information content (AvgIpc) is 3.36. The van der Waals surface area contributed by atoms with Crippen LogP contribution in [0, 0.1) is 0 Å². The van der Waals surface area contributed by atoms with E-state index in [0.717, 1.165) is 41.8 Å². The third-order valence-electron chi connectivity index (χ3n) is 7.60. The molecule has 1 saturated carbocycles. The van der Waals surface area contributed by atoms with Crippen LogP contribution in [0.15, 0.2) is 72.8 Å². The van der Waals surface area contributed by atoms with Crippen LogP contribution < -0.4 is 15.4 Å². The molecule has 1 heterocycles. The number of nitrogens with zero attached hydrogens (tertiary/aromatic N) is 2. The van der Waals surface area contributed by atoms with E-state index in [1.807, 2.05) is 54.6 Å². The van der Waals surface area contributed by atoms with Crippen molar-refractivity contribution in [3.63, 3.8) is 0 Å². The van der Waals surface area contributed by atoms with E-state index in [0.29, 0.717) is 29.1 Å². The molecule has 0 saturated heterocycles. The van der Waals surface area contributed by atoms with Gasteiger partial charge in [-0.1, -0.05) is 51.5 Å². The number of aromatic hydroxyl groups is 1. The van der Waals surface area contributed by atoms with E-state index < -0.39 is 0 Å². The first kappa shape index (κ1) is 28.0. The van der Waals surface area contributed by atoms with Gasteiger partial charge in [0.15, 0.2) is 0 Å². The van der Waals surface area contributed by atoms with Crippen molar-refractivity contribution >= 4 is 17.6 Å². The number of carbonyl (C=O) groups is 2. The van der Waals surface area contributed by atoms with Gasteiger partial charge in [0.05, 0.1) is 18.5 Å². The predicted molar refractivity (Wildman–Crippen MR) is 160 cm³/mol. The normalized spacial score (nSPS) is 13.4. The van der Waals surface area contributed by atoms with Gasteiger partial charge in [-0.05, 0) is 77.9 Å². The van der Waals surface area contributed by atoms with Crippen molar-refractivity contribution in [1.82, 2.24) is 15.1 Å². The monoisotopic (exact) mass is 552 g/mol. The second kappa shape index (κ2) is 11.5. The lowest BCUT2D eigenvalue weighted by Crippen LogP contribution is -2.31. The fraction of sp³-hybridized carbons (Fsp3) is 0.303. The molecule has 3 N–H and O–H groups in total. The summed E-state index contributed by atoms with van der Waals surface area (Å²) in [5.41, 5.74) is 4.85. The van der Waals surface area contributed by atoms with Gasteiger partial charge in [-0.2, -0.15) is 9.78 Å². The molecule has 1 fully saturated rings. The van der Waals surface area contributed by atoms with Crippen LogP contribution in [0.25, 0.3) is 11.3 Å². The summed E-state index contributed by atoms with van der Waals surface area (Å²) in [6, 6.07) is 21.4. The van der Waals surface area contributed by atoms with Gasteiger partial charge in [-0.3, -0.25) is 4.79 Å². The van der Waals surface area contributed by atoms with Crippen molar-refractivity contribution in [3.05, 3.63) is 95.2 Å². The molecule has 1 aliphatic rings. The molecule has 1 aromatic heterocycles. The van der Waals surface area contributed by atoms with E-state index >= 15 is 0 Å². The molecular weight excluding hydrogens is 516 g/mol. The molecule has 5 rings (SSSR count). The predicted octanol–water partition coefficient (Wildman–Crippen LogP) is 6.84. The van der Waals surface area contributed by atoms with Gasteiger partial charge in [0.2, 0.25) is 0 Å². The highest BCUT2D eigenvalue weighted by atomic mass is 16.5. The van der Waals surface area contributed by atoms with Crippen LogP contribution >= 0.6 is 0 Å². The molecule has 3 aromatic carbocycles. The molecule has 0 aliphatic heterocycles. The Kier molecular flexibility index (Phi) is 7.83. The molecular formula is C33H36N4O4. The molecule has 1 aliphatic carbocycles. The molecule has 4 aromatic rings. The lowest BCUT2D eigenvalue weighted by Gasteiger charge is -2.25. The summed E-state index contributed by atoms with van der Waals surface area (Å²) in [7, 11) is 1.61. The van der Waals surface area contributed by atoms with E-state index in [9.17, 15) is 14.7 Å². The molecule has 2 amide bonds. The van der Waals surface area contributed by atoms with Gasteiger partial charge in [-0.15, -0.1) is 0 Å². The Labute approximate surface area is 240 Å². The van der Waals surface area contributed by atoms with Crippen LogP contribution in [0.2, 0.25) is 0 Å². The maximum Gasteiger partial charge on any atom is 0.342 e. The topological polar surface area (TPSA) is 105 Å². The highest BCUT2D eigenvalue weighted by molar-refractivity contribution is 6.04. The van der Waals surface area contributed by atoms with Gasteiger partial charge in [0.25, 0.3) is 5.91 Å². The first-order valence-electron chi connectivity index (χ1n) is 13.9. The van der Waals surface area contributed by atoms with E-state index in [1.165, 1.54) is 10.7 Å². The summed E-state index contributed by atoms with van der Waals surface area (Å²) < 4.78 is 6.61. The Morgan fingerprint density at radius 1 is 1.00 bits per heavy atom. The SMILES string of the molecule is COc1ccc(CNC(=O)n2nc(-c3cc(NC(=O)c4ccc(C(C)(C)C)cc4)ccc3O)cc2C2CCC2)cc1. The molecule has 0 atom stereocenters. The fourth-order valence-corrected chi connectivity index (χ4v) is 4.82. The lowest BCUT2D eigenvalue weighted by molar-refractivity contribution is 0.102. The quantitative estimate of drug-likeness (QED) is 0.218. The van der Waals surface area contributed by atoms with E-state index in [1.54, 1.807) is 19.2 Å². The minimum absolute atomic E-state index is 0.00477. The van der Waals surface area contributed by atoms with Gasteiger partial charge in [-0.25, -0.2) is 4.79 Å². The zero-order valence-electron chi connectivity index (χ0n) is 23.9. The number of rotatable bonds is 7. The maximum atomic E-state index is 13.2.